The van der Waals surface area contributed by atoms with Crippen LogP contribution in [0.25, 0.3) is 0 Å². The fraction of sp³-hybridized carbons (Fsp3) is 0.357. The van der Waals surface area contributed by atoms with Crippen LogP contribution in [0.4, 0.5) is 5.69 Å². The molecule has 5 nitrogen and oxygen atoms in total. The van der Waals surface area contributed by atoms with Gasteiger partial charge in [-0.25, -0.2) is 0 Å². The van der Waals surface area contributed by atoms with E-state index < -0.39 is 0 Å². The minimum atomic E-state index is -0.117. The molecule has 1 atom stereocenters. The number of carbonyl (C=O) groups is 1. The van der Waals surface area contributed by atoms with Crippen molar-refractivity contribution in [1.29, 1.82) is 10.5 Å². The summed E-state index contributed by atoms with van der Waals surface area (Å²) in [6.45, 7) is 2.55. The maximum absolute atomic E-state index is 11.7. The summed E-state index contributed by atoms with van der Waals surface area (Å²) in [5.41, 5.74) is 6.57. The number of anilines is 1. The largest absolute Gasteiger partial charge is 0.330 e. The molecule has 0 fully saturated rings. The Morgan fingerprint density at radius 2 is 2.05 bits per heavy atom. The van der Waals surface area contributed by atoms with Crippen molar-refractivity contribution >= 4 is 11.6 Å². The smallest absolute Gasteiger partial charge is 0.224 e. The first kappa shape index (κ1) is 14.7. The first-order chi connectivity index (χ1) is 9.10. The Hall–Kier alpha value is -2.37. The molecule has 0 aromatic heterocycles. The van der Waals surface area contributed by atoms with Gasteiger partial charge in [0.2, 0.25) is 5.91 Å². The summed E-state index contributed by atoms with van der Waals surface area (Å²) in [5.74, 6) is 0.190. The summed E-state index contributed by atoms with van der Waals surface area (Å²) in [4.78, 5) is 11.7. The number of carbonyl (C=O) groups excluding carboxylic acids is 1. The van der Waals surface area contributed by atoms with E-state index in [-0.39, 0.29) is 11.5 Å². The Kier molecular flexibility index (Phi) is 5.53. The van der Waals surface area contributed by atoms with Crippen molar-refractivity contribution in [3.05, 3.63) is 29.3 Å². The average Bonchev–Trinajstić information content (AvgIpc) is 2.44. The normalized spacial score (nSPS) is 11.2. The third kappa shape index (κ3) is 4.42. The monoisotopic (exact) mass is 256 g/mol. The van der Waals surface area contributed by atoms with Gasteiger partial charge in [-0.1, -0.05) is 6.92 Å². The topological polar surface area (TPSA) is 103 Å². The van der Waals surface area contributed by atoms with Crippen LogP contribution in [0.5, 0.6) is 0 Å². The van der Waals surface area contributed by atoms with Gasteiger partial charge < -0.3 is 11.1 Å². The molecule has 3 N–H and O–H groups in total. The second-order valence-corrected chi connectivity index (χ2v) is 4.41. The van der Waals surface area contributed by atoms with E-state index in [2.05, 4.69) is 5.32 Å². The van der Waals surface area contributed by atoms with E-state index in [1.165, 1.54) is 12.1 Å². The van der Waals surface area contributed by atoms with Gasteiger partial charge in [0.25, 0.3) is 0 Å². The Labute approximate surface area is 112 Å². The molecule has 98 valence electrons. The average molecular weight is 256 g/mol. The highest BCUT2D eigenvalue weighted by Gasteiger charge is 2.08. The molecule has 0 saturated carbocycles. The van der Waals surface area contributed by atoms with Gasteiger partial charge in [-0.3, -0.25) is 4.79 Å². The van der Waals surface area contributed by atoms with Crippen LogP contribution in [0.15, 0.2) is 18.2 Å². The van der Waals surface area contributed by atoms with Crippen LogP contribution in [0.1, 0.15) is 30.9 Å². The van der Waals surface area contributed by atoms with E-state index in [1.54, 1.807) is 6.07 Å². The van der Waals surface area contributed by atoms with E-state index in [0.717, 1.165) is 6.42 Å². The first-order valence-corrected chi connectivity index (χ1v) is 6.05. The van der Waals surface area contributed by atoms with Crippen molar-refractivity contribution in [2.45, 2.75) is 19.8 Å². The van der Waals surface area contributed by atoms with Crippen molar-refractivity contribution in [1.82, 2.24) is 0 Å². The lowest BCUT2D eigenvalue weighted by Crippen LogP contribution is -2.16. The summed E-state index contributed by atoms with van der Waals surface area (Å²) in [6.07, 6.45) is 1.12. The lowest BCUT2D eigenvalue weighted by Gasteiger charge is -2.09. The minimum absolute atomic E-state index is 0.117. The highest BCUT2D eigenvalue weighted by molar-refractivity contribution is 5.91. The Morgan fingerprint density at radius 3 is 2.63 bits per heavy atom. The van der Waals surface area contributed by atoms with Crippen LogP contribution in [0.2, 0.25) is 0 Å². The molecule has 1 aromatic rings. The van der Waals surface area contributed by atoms with E-state index in [1.807, 2.05) is 19.1 Å². The van der Waals surface area contributed by atoms with Gasteiger partial charge in [0, 0.05) is 12.1 Å². The molecule has 0 aliphatic carbocycles. The van der Waals surface area contributed by atoms with Gasteiger partial charge in [-0.2, -0.15) is 10.5 Å². The van der Waals surface area contributed by atoms with Crippen LogP contribution in [0, 0.1) is 28.6 Å². The van der Waals surface area contributed by atoms with Crippen molar-refractivity contribution in [2.75, 3.05) is 11.9 Å². The second kappa shape index (κ2) is 7.15. The summed E-state index contributed by atoms with van der Waals surface area (Å²) in [6, 6.07) is 8.50. The summed E-state index contributed by atoms with van der Waals surface area (Å²) >= 11 is 0. The Bertz CT molecular complexity index is 539. The molecule has 0 saturated heterocycles. The van der Waals surface area contributed by atoms with E-state index in [9.17, 15) is 4.79 Å². The molecule has 1 unspecified atom stereocenters. The van der Waals surface area contributed by atoms with Gasteiger partial charge in [0.05, 0.1) is 11.1 Å². The van der Waals surface area contributed by atoms with Gasteiger partial charge >= 0.3 is 0 Å². The SMILES string of the molecule is CC(CN)CCC(=O)Nc1ccc(C#N)c(C#N)c1. The van der Waals surface area contributed by atoms with Crippen molar-refractivity contribution in [3.63, 3.8) is 0 Å². The van der Waals surface area contributed by atoms with E-state index in [4.69, 9.17) is 16.3 Å². The van der Waals surface area contributed by atoms with Crippen molar-refractivity contribution in [2.24, 2.45) is 11.7 Å². The molecule has 0 radical (unpaired) electrons. The molecular weight excluding hydrogens is 240 g/mol. The van der Waals surface area contributed by atoms with Crippen molar-refractivity contribution < 1.29 is 4.79 Å². The van der Waals surface area contributed by atoms with Crippen molar-refractivity contribution in [3.8, 4) is 12.1 Å². The van der Waals surface area contributed by atoms with E-state index in [0.29, 0.717) is 30.1 Å². The standard InChI is InChI=1S/C14H16N4O/c1-10(7-15)2-5-14(19)18-13-4-3-11(8-16)12(6-13)9-17/h3-4,6,10H,2,5,7,15H2,1H3,(H,18,19). The molecule has 0 heterocycles. The van der Waals surface area contributed by atoms with Gasteiger partial charge in [-0.05, 0) is 37.1 Å². The fourth-order valence-corrected chi connectivity index (χ4v) is 1.53. The maximum Gasteiger partial charge on any atom is 0.224 e. The number of hydrogen-bond donors (Lipinski definition) is 2. The number of rotatable bonds is 5. The quantitative estimate of drug-likeness (QED) is 0.837. The second-order valence-electron chi connectivity index (χ2n) is 4.41. The van der Waals surface area contributed by atoms with Crippen LogP contribution in [-0.2, 0) is 4.79 Å². The predicted octanol–water partition coefficient (Wildman–Crippen LogP) is 1.74. The fourth-order valence-electron chi connectivity index (χ4n) is 1.53. The third-order valence-electron chi connectivity index (χ3n) is 2.81. The highest BCUT2D eigenvalue weighted by Crippen LogP contribution is 2.15. The number of nitriles is 2. The zero-order valence-corrected chi connectivity index (χ0v) is 10.8. The van der Waals surface area contributed by atoms with Crippen LogP contribution in [-0.4, -0.2) is 12.5 Å². The zero-order chi connectivity index (χ0) is 14.3. The zero-order valence-electron chi connectivity index (χ0n) is 10.8. The van der Waals surface area contributed by atoms with Gasteiger partial charge in [-0.15, -0.1) is 0 Å². The van der Waals surface area contributed by atoms with Gasteiger partial charge in [0.1, 0.15) is 12.1 Å². The van der Waals surface area contributed by atoms with E-state index >= 15 is 0 Å². The first-order valence-electron chi connectivity index (χ1n) is 6.05. The summed E-state index contributed by atoms with van der Waals surface area (Å²) < 4.78 is 0. The molecule has 1 aromatic carbocycles. The molecule has 0 aliphatic rings. The molecule has 19 heavy (non-hydrogen) atoms. The molecule has 1 amide bonds. The Balaban J connectivity index is 2.66. The van der Waals surface area contributed by atoms with Crippen LogP contribution < -0.4 is 11.1 Å². The molecule has 0 aliphatic heterocycles. The summed E-state index contributed by atoms with van der Waals surface area (Å²) in [7, 11) is 0. The Morgan fingerprint density at radius 1 is 1.37 bits per heavy atom. The molecule has 5 heteroatoms. The predicted molar refractivity (Wildman–Crippen MR) is 72.0 cm³/mol. The van der Waals surface area contributed by atoms with Gasteiger partial charge in [0.15, 0.2) is 0 Å². The number of hydrogen-bond acceptors (Lipinski definition) is 4. The summed E-state index contributed by atoms with van der Waals surface area (Å²) in [5, 5.41) is 20.4. The lowest BCUT2D eigenvalue weighted by molar-refractivity contribution is -0.116. The lowest BCUT2D eigenvalue weighted by atomic mass is 10.1. The van der Waals surface area contributed by atoms with Crippen LogP contribution in [0.3, 0.4) is 0 Å². The molecular formula is C14H16N4O. The molecule has 0 bridgehead atoms. The van der Waals surface area contributed by atoms with Crippen LogP contribution >= 0.6 is 0 Å². The number of nitrogens with one attached hydrogen (secondary N) is 1. The molecule has 0 spiro atoms. The third-order valence-corrected chi connectivity index (χ3v) is 2.81. The maximum atomic E-state index is 11.7. The number of benzene rings is 1. The number of amides is 1. The minimum Gasteiger partial charge on any atom is -0.330 e. The highest BCUT2D eigenvalue weighted by atomic mass is 16.1. The number of nitrogens with two attached hydrogens (primary N) is 1. The number of nitrogens with zero attached hydrogens (tertiary/aromatic N) is 2. The molecule has 1 rings (SSSR count).